The zero-order chi connectivity index (χ0) is 17.4. The second kappa shape index (κ2) is 9.26. The highest BCUT2D eigenvalue weighted by atomic mass is 19.1. The minimum atomic E-state index is -0.311. The number of unbranched alkanes of at least 4 members (excludes halogenated alkanes) is 2. The third kappa shape index (κ3) is 4.95. The Morgan fingerprint density at radius 2 is 1.12 bits per heavy atom. The van der Waals surface area contributed by atoms with E-state index in [1.165, 1.54) is 12.1 Å². The van der Waals surface area contributed by atoms with Crippen LogP contribution in [-0.4, -0.2) is 13.1 Å². The van der Waals surface area contributed by atoms with Crippen LogP contribution in [0, 0.1) is 11.6 Å². The summed E-state index contributed by atoms with van der Waals surface area (Å²) in [5.74, 6) is -0.622. The topological polar surface area (TPSA) is 24.1 Å². The molecule has 130 valence electrons. The van der Waals surface area contributed by atoms with E-state index in [0.717, 1.165) is 38.8 Å². The summed E-state index contributed by atoms with van der Waals surface area (Å²) in [5, 5.41) is 6.17. The molecule has 0 radical (unpaired) electrons. The van der Waals surface area contributed by atoms with Crippen molar-refractivity contribution < 1.29 is 8.78 Å². The van der Waals surface area contributed by atoms with Gasteiger partial charge < -0.3 is 10.6 Å². The van der Waals surface area contributed by atoms with E-state index in [4.69, 9.17) is 0 Å². The van der Waals surface area contributed by atoms with Gasteiger partial charge in [0.25, 0.3) is 0 Å². The third-order valence-electron chi connectivity index (χ3n) is 3.96. The fraction of sp³-hybridized carbons (Fsp3) is 0.400. The van der Waals surface area contributed by atoms with Crippen molar-refractivity contribution in [2.75, 3.05) is 23.7 Å². The van der Waals surface area contributed by atoms with Gasteiger partial charge in [-0.2, -0.15) is 0 Å². The molecule has 0 aliphatic rings. The summed E-state index contributed by atoms with van der Waals surface area (Å²) < 4.78 is 28.4. The monoisotopic (exact) mass is 332 g/mol. The summed E-state index contributed by atoms with van der Waals surface area (Å²) in [6.45, 7) is 5.69. The number of hydrogen-bond acceptors (Lipinski definition) is 2. The molecule has 2 aromatic rings. The maximum Gasteiger partial charge on any atom is 0.146 e. The van der Waals surface area contributed by atoms with E-state index in [1.807, 2.05) is 12.1 Å². The van der Waals surface area contributed by atoms with Gasteiger partial charge in [-0.25, -0.2) is 8.78 Å². The zero-order valence-electron chi connectivity index (χ0n) is 14.5. The Balaban J connectivity index is 2.10. The molecular formula is C20H26F2N2. The minimum Gasteiger partial charge on any atom is -0.383 e. The van der Waals surface area contributed by atoms with E-state index in [9.17, 15) is 8.78 Å². The van der Waals surface area contributed by atoms with Gasteiger partial charge in [0.15, 0.2) is 0 Å². The van der Waals surface area contributed by atoms with Crippen molar-refractivity contribution >= 4 is 11.4 Å². The van der Waals surface area contributed by atoms with Crippen LogP contribution in [-0.2, 0) is 0 Å². The number of benzene rings is 2. The first kappa shape index (κ1) is 18.2. The standard InChI is InChI=1S/C20H26F2N2/c1-3-5-11-23-19-9-7-15(13-17(19)21)16-8-10-20(18(22)14-16)24-12-6-4-2/h7-10,13-14,23-24H,3-6,11-12H2,1-2H3. The fourth-order valence-corrected chi connectivity index (χ4v) is 2.48. The summed E-state index contributed by atoms with van der Waals surface area (Å²) in [5.41, 5.74) is 2.33. The van der Waals surface area contributed by atoms with Gasteiger partial charge in [0.2, 0.25) is 0 Å². The highest BCUT2D eigenvalue weighted by Gasteiger charge is 2.08. The molecule has 0 amide bonds. The number of anilines is 2. The number of hydrogen-bond donors (Lipinski definition) is 2. The van der Waals surface area contributed by atoms with Crippen molar-refractivity contribution in [2.24, 2.45) is 0 Å². The van der Waals surface area contributed by atoms with Crippen molar-refractivity contribution in [2.45, 2.75) is 39.5 Å². The lowest BCUT2D eigenvalue weighted by molar-refractivity contribution is 0.627. The Morgan fingerprint density at radius 1 is 0.708 bits per heavy atom. The van der Waals surface area contributed by atoms with Crippen molar-refractivity contribution in [3.8, 4) is 11.1 Å². The maximum atomic E-state index is 14.2. The Bertz CT molecular complexity index is 599. The molecule has 0 saturated heterocycles. The summed E-state index contributed by atoms with van der Waals surface area (Å²) in [6.07, 6.45) is 4.12. The Labute approximate surface area is 143 Å². The smallest absolute Gasteiger partial charge is 0.146 e. The van der Waals surface area contributed by atoms with Crippen molar-refractivity contribution in [1.29, 1.82) is 0 Å². The first-order chi connectivity index (χ1) is 11.7. The molecular weight excluding hydrogens is 306 g/mol. The predicted molar refractivity (Wildman–Crippen MR) is 98.6 cm³/mol. The van der Waals surface area contributed by atoms with Crippen LogP contribution in [0.1, 0.15) is 39.5 Å². The van der Waals surface area contributed by atoms with Crippen LogP contribution in [0.15, 0.2) is 36.4 Å². The molecule has 0 aliphatic heterocycles. The Morgan fingerprint density at radius 3 is 1.46 bits per heavy atom. The van der Waals surface area contributed by atoms with E-state index >= 15 is 0 Å². The second-order valence-electron chi connectivity index (χ2n) is 5.95. The van der Waals surface area contributed by atoms with Gasteiger partial charge in [-0.3, -0.25) is 0 Å². The Kier molecular flexibility index (Phi) is 7.04. The summed E-state index contributed by atoms with van der Waals surface area (Å²) in [6, 6.07) is 9.96. The van der Waals surface area contributed by atoms with Gasteiger partial charge in [0.1, 0.15) is 11.6 Å². The molecule has 2 rings (SSSR count). The molecule has 0 unspecified atom stereocenters. The lowest BCUT2D eigenvalue weighted by Gasteiger charge is -2.11. The van der Waals surface area contributed by atoms with Crippen molar-refractivity contribution in [1.82, 2.24) is 0 Å². The van der Waals surface area contributed by atoms with E-state index in [-0.39, 0.29) is 11.6 Å². The first-order valence-corrected chi connectivity index (χ1v) is 8.73. The molecule has 0 atom stereocenters. The molecule has 2 aromatic carbocycles. The van der Waals surface area contributed by atoms with Crippen molar-refractivity contribution in [3.05, 3.63) is 48.0 Å². The van der Waals surface area contributed by atoms with Gasteiger partial charge in [-0.15, -0.1) is 0 Å². The largest absolute Gasteiger partial charge is 0.383 e. The lowest BCUT2D eigenvalue weighted by atomic mass is 10.0. The van der Waals surface area contributed by atoms with Gasteiger partial charge in [-0.05, 0) is 48.2 Å². The summed E-state index contributed by atoms with van der Waals surface area (Å²) >= 11 is 0. The molecule has 0 fully saturated rings. The number of halogens is 2. The molecule has 2 N–H and O–H groups in total. The SMILES string of the molecule is CCCCNc1ccc(-c2ccc(NCCCC)c(F)c2)cc1F. The molecule has 0 aromatic heterocycles. The van der Waals surface area contributed by atoms with E-state index < -0.39 is 0 Å². The molecule has 2 nitrogen and oxygen atoms in total. The first-order valence-electron chi connectivity index (χ1n) is 8.73. The van der Waals surface area contributed by atoms with Crippen LogP contribution < -0.4 is 10.6 Å². The molecule has 0 saturated carbocycles. The number of nitrogens with one attached hydrogen (secondary N) is 2. The molecule has 4 heteroatoms. The Hall–Kier alpha value is -2.10. The highest BCUT2D eigenvalue weighted by Crippen LogP contribution is 2.27. The normalized spacial score (nSPS) is 10.7. The third-order valence-corrected chi connectivity index (χ3v) is 3.96. The van der Waals surface area contributed by atoms with E-state index in [1.54, 1.807) is 12.1 Å². The summed E-state index contributed by atoms with van der Waals surface area (Å²) in [4.78, 5) is 0. The van der Waals surface area contributed by atoms with Crippen molar-refractivity contribution in [3.63, 3.8) is 0 Å². The van der Waals surface area contributed by atoms with Gasteiger partial charge >= 0.3 is 0 Å². The lowest BCUT2D eigenvalue weighted by Crippen LogP contribution is -2.03. The van der Waals surface area contributed by atoms with E-state index in [2.05, 4.69) is 24.5 Å². The highest BCUT2D eigenvalue weighted by molar-refractivity contribution is 5.68. The van der Waals surface area contributed by atoms with Crippen LogP contribution in [0.25, 0.3) is 11.1 Å². The van der Waals surface area contributed by atoms with Gasteiger partial charge in [0, 0.05) is 13.1 Å². The average Bonchev–Trinajstić information content (AvgIpc) is 2.58. The van der Waals surface area contributed by atoms with Crippen LogP contribution >= 0.6 is 0 Å². The second-order valence-corrected chi connectivity index (χ2v) is 5.95. The predicted octanol–water partition coefficient (Wildman–Crippen LogP) is 6.06. The molecule has 24 heavy (non-hydrogen) atoms. The van der Waals surface area contributed by atoms with Crippen LogP contribution in [0.2, 0.25) is 0 Å². The van der Waals surface area contributed by atoms with E-state index in [0.29, 0.717) is 22.5 Å². The quantitative estimate of drug-likeness (QED) is 0.546. The van der Waals surface area contributed by atoms with Gasteiger partial charge in [0.05, 0.1) is 11.4 Å². The molecule has 0 bridgehead atoms. The minimum absolute atomic E-state index is 0.311. The average molecular weight is 332 g/mol. The zero-order valence-corrected chi connectivity index (χ0v) is 14.5. The molecule has 0 spiro atoms. The maximum absolute atomic E-state index is 14.2. The van der Waals surface area contributed by atoms with Crippen LogP contribution in [0.4, 0.5) is 20.2 Å². The van der Waals surface area contributed by atoms with Crippen LogP contribution in [0.3, 0.4) is 0 Å². The van der Waals surface area contributed by atoms with Gasteiger partial charge in [-0.1, -0.05) is 38.8 Å². The van der Waals surface area contributed by atoms with Crippen LogP contribution in [0.5, 0.6) is 0 Å². The molecule has 0 aliphatic carbocycles. The number of rotatable bonds is 9. The molecule has 0 heterocycles. The fourth-order valence-electron chi connectivity index (χ4n) is 2.48. The summed E-state index contributed by atoms with van der Waals surface area (Å²) in [7, 11) is 0.